The Morgan fingerprint density at radius 3 is 2.60 bits per heavy atom. The Kier molecular flexibility index (Phi) is 4.16. The third kappa shape index (κ3) is 3.21. The molecule has 0 aliphatic carbocycles. The summed E-state index contributed by atoms with van der Waals surface area (Å²) >= 11 is 0. The van der Waals surface area contributed by atoms with Gasteiger partial charge in [0.25, 0.3) is 0 Å². The lowest BCUT2D eigenvalue weighted by atomic mass is 10.3. The van der Waals surface area contributed by atoms with Gasteiger partial charge in [-0.25, -0.2) is 0 Å². The predicted molar refractivity (Wildman–Crippen MR) is 70.0 cm³/mol. The van der Waals surface area contributed by atoms with Crippen molar-refractivity contribution in [1.29, 1.82) is 0 Å². The fourth-order valence-electron chi connectivity index (χ4n) is 1.81. The second-order valence-electron chi connectivity index (χ2n) is 4.18. The molecule has 110 valence electrons. The lowest BCUT2D eigenvalue weighted by molar-refractivity contribution is -0.387. The van der Waals surface area contributed by atoms with E-state index in [-0.39, 0.29) is 5.69 Å². The maximum absolute atomic E-state index is 13.2. The molecule has 1 heterocycles. The monoisotopic (exact) mass is 304 g/mol. The summed E-state index contributed by atoms with van der Waals surface area (Å²) in [5, 5.41) is 13.6. The molecule has 20 heavy (non-hydrogen) atoms. The zero-order valence-electron chi connectivity index (χ0n) is 10.4. The molecular weight excluding hydrogens is 291 g/mol. The molecule has 0 aromatic heterocycles. The highest BCUT2D eigenvalue weighted by Crippen LogP contribution is 2.22. The fourth-order valence-corrected chi connectivity index (χ4v) is 3.03. The molecule has 1 fully saturated rings. The number of nitro benzene ring substituents is 1. The van der Waals surface area contributed by atoms with E-state index in [0.717, 1.165) is 18.2 Å². The van der Waals surface area contributed by atoms with Gasteiger partial charge in [-0.3, -0.25) is 14.8 Å². The Labute approximate surface area is 114 Å². The van der Waals surface area contributed by atoms with Crippen molar-refractivity contribution in [2.24, 2.45) is 0 Å². The second kappa shape index (κ2) is 5.69. The highest BCUT2D eigenvalue weighted by atomic mass is 32.2. The van der Waals surface area contributed by atoms with Crippen molar-refractivity contribution in [2.45, 2.75) is 0 Å². The van der Waals surface area contributed by atoms with Gasteiger partial charge in [0.05, 0.1) is 10.6 Å². The molecule has 1 aliphatic rings. The lowest BCUT2D eigenvalue weighted by Gasteiger charge is -2.26. The first-order valence-corrected chi connectivity index (χ1v) is 7.27. The standard InChI is InChI=1S/C10H13FN4O4S/c11-9-2-1-8(7-10(9)15(16)17)13-20(18,19)14-5-3-12-4-6-14/h1-2,7,12-13H,3-6H2. The minimum atomic E-state index is -3.79. The van der Waals surface area contributed by atoms with Gasteiger partial charge in [0, 0.05) is 32.2 Å². The van der Waals surface area contributed by atoms with Gasteiger partial charge in [0.2, 0.25) is 5.82 Å². The third-order valence-corrected chi connectivity index (χ3v) is 4.34. The van der Waals surface area contributed by atoms with Crippen LogP contribution in [-0.2, 0) is 10.2 Å². The molecule has 1 saturated heterocycles. The molecule has 0 radical (unpaired) electrons. The van der Waals surface area contributed by atoms with Crippen molar-refractivity contribution in [1.82, 2.24) is 9.62 Å². The second-order valence-corrected chi connectivity index (χ2v) is 5.85. The molecule has 1 aliphatic heterocycles. The maximum atomic E-state index is 13.2. The number of hydrogen-bond acceptors (Lipinski definition) is 5. The molecule has 0 spiro atoms. The quantitative estimate of drug-likeness (QED) is 0.615. The van der Waals surface area contributed by atoms with Gasteiger partial charge in [-0.1, -0.05) is 0 Å². The summed E-state index contributed by atoms with van der Waals surface area (Å²) in [6.07, 6.45) is 0. The molecule has 0 bridgehead atoms. The van der Waals surface area contributed by atoms with Crippen LogP contribution in [0.1, 0.15) is 0 Å². The normalized spacial score (nSPS) is 16.9. The highest BCUT2D eigenvalue weighted by molar-refractivity contribution is 7.90. The molecule has 2 N–H and O–H groups in total. The Morgan fingerprint density at radius 1 is 1.35 bits per heavy atom. The van der Waals surface area contributed by atoms with Crippen LogP contribution in [-0.4, -0.2) is 43.8 Å². The lowest BCUT2D eigenvalue weighted by Crippen LogP contribution is -2.48. The van der Waals surface area contributed by atoms with Gasteiger partial charge in [-0.05, 0) is 12.1 Å². The van der Waals surface area contributed by atoms with Crippen LogP contribution in [0.3, 0.4) is 0 Å². The molecule has 8 nitrogen and oxygen atoms in total. The predicted octanol–water partition coefficient (Wildman–Crippen LogP) is 0.296. The minimum Gasteiger partial charge on any atom is -0.314 e. The molecule has 0 amide bonds. The van der Waals surface area contributed by atoms with Gasteiger partial charge in [0.15, 0.2) is 0 Å². The number of benzene rings is 1. The topological polar surface area (TPSA) is 105 Å². The Bertz CT molecular complexity index is 616. The number of nitrogens with zero attached hydrogens (tertiary/aromatic N) is 2. The van der Waals surface area contributed by atoms with Gasteiger partial charge < -0.3 is 5.32 Å². The SMILES string of the molecule is O=[N+]([O-])c1cc(NS(=O)(=O)N2CCNCC2)ccc1F. The Balaban J connectivity index is 2.20. The number of piperazine rings is 1. The average Bonchev–Trinajstić information content (AvgIpc) is 2.41. The van der Waals surface area contributed by atoms with Crippen LogP contribution in [0.5, 0.6) is 0 Å². The van der Waals surface area contributed by atoms with Crippen molar-refractivity contribution in [3.63, 3.8) is 0 Å². The summed E-state index contributed by atoms with van der Waals surface area (Å²) in [4.78, 5) is 9.71. The van der Waals surface area contributed by atoms with E-state index in [1.54, 1.807) is 0 Å². The van der Waals surface area contributed by atoms with Crippen LogP contribution in [0.4, 0.5) is 15.8 Å². The van der Waals surface area contributed by atoms with E-state index < -0.39 is 26.6 Å². The Morgan fingerprint density at radius 2 is 2.00 bits per heavy atom. The highest BCUT2D eigenvalue weighted by Gasteiger charge is 2.24. The number of hydrogen-bond donors (Lipinski definition) is 2. The molecule has 1 aromatic carbocycles. The summed E-state index contributed by atoms with van der Waals surface area (Å²) in [5.41, 5.74) is -0.817. The van der Waals surface area contributed by atoms with Gasteiger partial charge in [-0.15, -0.1) is 0 Å². The number of nitro groups is 1. The average molecular weight is 304 g/mol. The largest absolute Gasteiger partial charge is 0.314 e. The van der Waals surface area contributed by atoms with E-state index in [2.05, 4.69) is 10.0 Å². The van der Waals surface area contributed by atoms with Crippen molar-refractivity contribution in [2.75, 3.05) is 30.9 Å². The van der Waals surface area contributed by atoms with Crippen LogP contribution >= 0.6 is 0 Å². The zero-order valence-corrected chi connectivity index (χ0v) is 11.2. The molecule has 1 aromatic rings. The number of rotatable bonds is 4. The summed E-state index contributed by atoms with van der Waals surface area (Å²) in [5.74, 6) is -1.01. The summed E-state index contributed by atoms with van der Waals surface area (Å²) in [6.45, 7) is 1.67. The van der Waals surface area contributed by atoms with Gasteiger partial charge >= 0.3 is 15.9 Å². The first kappa shape index (κ1) is 14.6. The molecule has 2 rings (SSSR count). The molecule has 10 heteroatoms. The Hall–Kier alpha value is -1.78. The van der Waals surface area contributed by atoms with E-state index in [4.69, 9.17) is 0 Å². The zero-order chi connectivity index (χ0) is 14.8. The van der Waals surface area contributed by atoms with Crippen molar-refractivity contribution in [3.05, 3.63) is 34.1 Å². The third-order valence-electron chi connectivity index (χ3n) is 2.81. The molecular formula is C10H13FN4O4S. The summed E-state index contributed by atoms with van der Waals surface area (Å²) in [6, 6.07) is 2.85. The smallest absolute Gasteiger partial charge is 0.306 e. The molecule has 0 unspecified atom stereocenters. The fraction of sp³-hybridized carbons (Fsp3) is 0.400. The molecule has 0 saturated carbocycles. The van der Waals surface area contributed by atoms with Crippen molar-refractivity contribution in [3.8, 4) is 0 Å². The van der Waals surface area contributed by atoms with E-state index in [0.29, 0.717) is 26.2 Å². The van der Waals surface area contributed by atoms with E-state index in [1.807, 2.05) is 0 Å². The van der Waals surface area contributed by atoms with Crippen molar-refractivity contribution < 1.29 is 17.7 Å². The van der Waals surface area contributed by atoms with E-state index >= 15 is 0 Å². The van der Waals surface area contributed by atoms with Crippen LogP contribution in [0, 0.1) is 15.9 Å². The van der Waals surface area contributed by atoms with Gasteiger partial charge in [-0.2, -0.15) is 17.1 Å². The van der Waals surface area contributed by atoms with Crippen LogP contribution in [0.2, 0.25) is 0 Å². The molecule has 0 atom stereocenters. The van der Waals surface area contributed by atoms with Gasteiger partial charge in [0.1, 0.15) is 0 Å². The van der Waals surface area contributed by atoms with Crippen LogP contribution in [0.25, 0.3) is 0 Å². The van der Waals surface area contributed by atoms with Crippen molar-refractivity contribution >= 4 is 21.6 Å². The van der Waals surface area contributed by atoms with Crippen LogP contribution < -0.4 is 10.0 Å². The minimum absolute atomic E-state index is 0.0448. The first-order valence-electron chi connectivity index (χ1n) is 5.83. The van der Waals surface area contributed by atoms with E-state index in [9.17, 15) is 22.9 Å². The number of nitrogens with one attached hydrogen (secondary N) is 2. The summed E-state index contributed by atoms with van der Waals surface area (Å²) < 4.78 is 40.7. The number of halogens is 1. The first-order chi connectivity index (χ1) is 9.40. The van der Waals surface area contributed by atoms with Crippen LogP contribution in [0.15, 0.2) is 18.2 Å². The maximum Gasteiger partial charge on any atom is 0.306 e. The summed E-state index contributed by atoms with van der Waals surface area (Å²) in [7, 11) is -3.79. The van der Waals surface area contributed by atoms with E-state index in [1.165, 1.54) is 4.31 Å². The number of anilines is 1.